The number of carbonyl (C=O) groups excluding carboxylic acids is 2. The third-order valence-corrected chi connectivity index (χ3v) is 3.00. The van der Waals surface area contributed by atoms with Crippen LogP contribution in [0.5, 0.6) is 5.75 Å². The van der Waals surface area contributed by atoms with Crippen molar-refractivity contribution in [2.75, 3.05) is 17.2 Å². The van der Waals surface area contributed by atoms with Crippen LogP contribution in [0.2, 0.25) is 0 Å². The molecule has 1 aromatic heterocycles. The Balaban J connectivity index is 2.04. The van der Waals surface area contributed by atoms with Gasteiger partial charge in [0.1, 0.15) is 17.6 Å². The normalized spacial score (nSPS) is 12.1. The second-order valence-corrected chi connectivity index (χ2v) is 4.85. The number of carbonyl (C=O) groups is 2. The third-order valence-electron chi connectivity index (χ3n) is 3.00. The Labute approximate surface area is 137 Å². The average molecular weight is 331 g/mol. The van der Waals surface area contributed by atoms with Gasteiger partial charge in [-0.2, -0.15) is 0 Å². The van der Waals surface area contributed by atoms with E-state index in [0.717, 1.165) is 0 Å². The largest absolute Gasteiger partial charge is 0.506 e. The second kappa shape index (κ2) is 7.95. The summed E-state index contributed by atoms with van der Waals surface area (Å²) in [6.45, 7) is -0.527. The minimum absolute atomic E-state index is 0.0664. The van der Waals surface area contributed by atoms with Gasteiger partial charge in [-0.3, -0.25) is 9.59 Å². The standard InChI is InChI=1S/C16H17N3O5/c17-12(9-20)16(23)19-13-8-10(3-5-14(13)21)18-15(22)6-4-11-2-1-7-24-11/h1-8,12,20-21H,9,17H2,(H,18,22)(H,19,23)/b6-4+/t12-/m0/s1. The number of hydrogen-bond donors (Lipinski definition) is 5. The zero-order valence-corrected chi connectivity index (χ0v) is 12.6. The van der Waals surface area contributed by atoms with Crippen LogP contribution in [-0.2, 0) is 9.59 Å². The first kappa shape index (κ1) is 17.3. The summed E-state index contributed by atoms with van der Waals surface area (Å²) >= 11 is 0. The van der Waals surface area contributed by atoms with Crippen molar-refractivity contribution in [2.45, 2.75) is 6.04 Å². The van der Waals surface area contributed by atoms with Gasteiger partial charge in [-0.1, -0.05) is 0 Å². The van der Waals surface area contributed by atoms with Crippen LogP contribution in [0.1, 0.15) is 5.76 Å². The molecule has 0 aliphatic carbocycles. The number of amides is 2. The molecule has 2 aromatic rings. The van der Waals surface area contributed by atoms with E-state index < -0.39 is 24.5 Å². The fraction of sp³-hybridized carbons (Fsp3) is 0.125. The molecule has 2 rings (SSSR count). The second-order valence-electron chi connectivity index (χ2n) is 4.85. The molecular formula is C16H17N3O5. The van der Waals surface area contributed by atoms with Crippen molar-refractivity contribution < 1.29 is 24.2 Å². The monoisotopic (exact) mass is 331 g/mol. The summed E-state index contributed by atoms with van der Waals surface area (Å²) in [7, 11) is 0. The first-order valence-electron chi connectivity index (χ1n) is 7.02. The molecule has 0 radical (unpaired) electrons. The molecule has 1 atom stereocenters. The van der Waals surface area contributed by atoms with Crippen molar-refractivity contribution >= 4 is 29.3 Å². The number of aliphatic hydroxyl groups excluding tert-OH is 1. The number of phenolic OH excluding ortho intramolecular Hbond substituents is 1. The van der Waals surface area contributed by atoms with Crippen molar-refractivity contribution in [3.8, 4) is 5.75 Å². The van der Waals surface area contributed by atoms with Crippen LogP contribution < -0.4 is 16.4 Å². The van der Waals surface area contributed by atoms with E-state index in [1.165, 1.54) is 36.6 Å². The molecule has 8 heteroatoms. The maximum Gasteiger partial charge on any atom is 0.248 e. The van der Waals surface area contributed by atoms with E-state index >= 15 is 0 Å². The molecule has 0 spiro atoms. The fourth-order valence-electron chi connectivity index (χ4n) is 1.75. The lowest BCUT2D eigenvalue weighted by molar-refractivity contribution is -0.118. The maximum atomic E-state index is 11.8. The predicted molar refractivity (Wildman–Crippen MR) is 88.2 cm³/mol. The van der Waals surface area contributed by atoms with E-state index in [9.17, 15) is 14.7 Å². The van der Waals surface area contributed by atoms with Crippen LogP contribution in [0.15, 0.2) is 47.1 Å². The molecule has 1 heterocycles. The van der Waals surface area contributed by atoms with Crippen LogP contribution in [0.3, 0.4) is 0 Å². The molecule has 6 N–H and O–H groups in total. The van der Waals surface area contributed by atoms with Crippen LogP contribution in [0, 0.1) is 0 Å². The van der Waals surface area contributed by atoms with Crippen molar-refractivity contribution in [3.05, 3.63) is 48.4 Å². The number of benzene rings is 1. The highest BCUT2D eigenvalue weighted by Crippen LogP contribution is 2.26. The lowest BCUT2D eigenvalue weighted by Crippen LogP contribution is -2.38. The Kier molecular flexibility index (Phi) is 5.72. The van der Waals surface area contributed by atoms with Gasteiger partial charge >= 0.3 is 0 Å². The molecule has 0 bridgehead atoms. The van der Waals surface area contributed by atoms with Gasteiger partial charge in [0.05, 0.1) is 18.6 Å². The molecule has 0 fully saturated rings. The van der Waals surface area contributed by atoms with Gasteiger partial charge in [0.15, 0.2) is 0 Å². The number of rotatable bonds is 6. The first-order chi connectivity index (χ1) is 11.5. The quantitative estimate of drug-likeness (QED) is 0.303. The molecule has 2 amide bonds. The maximum absolute atomic E-state index is 11.8. The lowest BCUT2D eigenvalue weighted by Gasteiger charge is -2.12. The van der Waals surface area contributed by atoms with Gasteiger partial charge in [0.25, 0.3) is 0 Å². The number of phenols is 1. The number of aromatic hydroxyl groups is 1. The Morgan fingerprint density at radius 2 is 2.08 bits per heavy atom. The molecule has 0 saturated heterocycles. The Bertz CT molecular complexity index is 740. The van der Waals surface area contributed by atoms with E-state index in [1.807, 2.05) is 0 Å². The highest BCUT2D eigenvalue weighted by atomic mass is 16.3. The Hall–Kier alpha value is -3.10. The first-order valence-corrected chi connectivity index (χ1v) is 7.02. The van der Waals surface area contributed by atoms with Crippen molar-refractivity contribution in [1.82, 2.24) is 0 Å². The number of aliphatic hydroxyl groups is 1. The molecule has 8 nitrogen and oxygen atoms in total. The molecule has 0 aliphatic rings. The van der Waals surface area contributed by atoms with E-state index in [4.69, 9.17) is 15.3 Å². The van der Waals surface area contributed by atoms with Crippen molar-refractivity contribution in [1.29, 1.82) is 0 Å². The van der Waals surface area contributed by atoms with E-state index in [1.54, 1.807) is 12.1 Å². The minimum atomic E-state index is -1.11. The summed E-state index contributed by atoms with van der Waals surface area (Å²) in [5, 5.41) is 23.5. The van der Waals surface area contributed by atoms with Crippen LogP contribution in [-0.4, -0.2) is 34.7 Å². The molecule has 0 saturated carbocycles. The zero-order valence-electron chi connectivity index (χ0n) is 12.6. The zero-order chi connectivity index (χ0) is 17.5. The molecular weight excluding hydrogens is 314 g/mol. The summed E-state index contributed by atoms with van der Waals surface area (Å²) in [5.41, 5.74) is 5.81. The SMILES string of the molecule is N[C@@H](CO)C(=O)Nc1cc(NC(=O)/C=C/c2ccco2)ccc1O. The van der Waals surface area contributed by atoms with Gasteiger partial charge < -0.3 is 31.0 Å². The summed E-state index contributed by atoms with van der Waals surface area (Å²) in [6, 6.07) is 6.43. The van der Waals surface area contributed by atoms with Gasteiger partial charge in [0.2, 0.25) is 11.8 Å². The Morgan fingerprint density at radius 1 is 1.29 bits per heavy atom. The number of anilines is 2. The number of nitrogens with one attached hydrogen (secondary N) is 2. The molecule has 24 heavy (non-hydrogen) atoms. The summed E-state index contributed by atoms with van der Waals surface area (Å²) in [5.74, 6) is -0.741. The predicted octanol–water partition coefficient (Wildman–Crippen LogP) is 0.895. The van der Waals surface area contributed by atoms with Crippen LogP contribution in [0.25, 0.3) is 6.08 Å². The van der Waals surface area contributed by atoms with Crippen molar-refractivity contribution in [3.63, 3.8) is 0 Å². The van der Waals surface area contributed by atoms with E-state index in [2.05, 4.69) is 10.6 Å². The van der Waals surface area contributed by atoms with E-state index in [0.29, 0.717) is 11.4 Å². The van der Waals surface area contributed by atoms with Gasteiger partial charge in [-0.25, -0.2) is 0 Å². The lowest BCUT2D eigenvalue weighted by atomic mass is 10.2. The van der Waals surface area contributed by atoms with Crippen LogP contribution >= 0.6 is 0 Å². The highest BCUT2D eigenvalue weighted by molar-refractivity contribution is 6.03. The molecule has 0 unspecified atom stereocenters. The minimum Gasteiger partial charge on any atom is -0.506 e. The van der Waals surface area contributed by atoms with Crippen LogP contribution in [0.4, 0.5) is 11.4 Å². The number of furan rings is 1. The van der Waals surface area contributed by atoms with Crippen molar-refractivity contribution in [2.24, 2.45) is 5.73 Å². The third kappa shape index (κ3) is 4.70. The number of hydrogen-bond acceptors (Lipinski definition) is 6. The fourth-order valence-corrected chi connectivity index (χ4v) is 1.75. The van der Waals surface area contributed by atoms with Gasteiger partial charge in [-0.15, -0.1) is 0 Å². The number of nitrogens with two attached hydrogens (primary N) is 1. The topological polar surface area (TPSA) is 138 Å². The summed E-state index contributed by atoms with van der Waals surface area (Å²) < 4.78 is 5.07. The van der Waals surface area contributed by atoms with E-state index in [-0.39, 0.29) is 11.4 Å². The molecule has 1 aromatic carbocycles. The molecule has 126 valence electrons. The molecule has 0 aliphatic heterocycles. The van der Waals surface area contributed by atoms with Gasteiger partial charge in [0, 0.05) is 11.8 Å². The Morgan fingerprint density at radius 3 is 2.75 bits per heavy atom. The summed E-state index contributed by atoms with van der Waals surface area (Å²) in [4.78, 5) is 23.5. The highest BCUT2D eigenvalue weighted by Gasteiger charge is 2.14. The smallest absolute Gasteiger partial charge is 0.248 e. The van der Waals surface area contributed by atoms with Gasteiger partial charge in [-0.05, 0) is 36.4 Å². The average Bonchev–Trinajstić information content (AvgIpc) is 3.08. The summed E-state index contributed by atoms with van der Waals surface area (Å²) in [6.07, 6.45) is 4.27.